The van der Waals surface area contributed by atoms with Gasteiger partial charge in [-0.25, -0.2) is 0 Å². The van der Waals surface area contributed by atoms with E-state index in [0.29, 0.717) is 29.9 Å². The van der Waals surface area contributed by atoms with Crippen molar-refractivity contribution in [3.8, 4) is 0 Å². The van der Waals surface area contributed by atoms with Gasteiger partial charge >= 0.3 is 0 Å². The van der Waals surface area contributed by atoms with Crippen molar-refractivity contribution in [1.82, 2.24) is 15.1 Å². The summed E-state index contributed by atoms with van der Waals surface area (Å²) in [6, 6.07) is 0.762. The lowest BCUT2D eigenvalue weighted by Gasteiger charge is -2.41. The molecule has 3 atom stereocenters. The molecule has 3 unspecified atom stereocenters. The topological polar surface area (TPSA) is 44.8 Å². The van der Waals surface area contributed by atoms with E-state index < -0.39 is 0 Å². The van der Waals surface area contributed by atoms with Gasteiger partial charge in [0.2, 0.25) is 5.91 Å². The van der Waals surface area contributed by atoms with Gasteiger partial charge in [0, 0.05) is 38.1 Å². The minimum absolute atomic E-state index is 0.150. The summed E-state index contributed by atoms with van der Waals surface area (Å²) in [4.78, 5) is 17.9. The zero-order valence-corrected chi connectivity index (χ0v) is 14.4. The second kappa shape index (κ2) is 6.69. The Kier molecular flexibility index (Phi) is 4.61. The first-order valence-electron chi connectivity index (χ1n) is 9.56. The van der Waals surface area contributed by atoms with Crippen LogP contribution in [0.4, 0.5) is 0 Å². The molecule has 1 N–H and O–H groups in total. The predicted octanol–water partition coefficient (Wildman–Crippen LogP) is 1.09. The number of hydrogen-bond donors (Lipinski definition) is 1. The largest absolute Gasteiger partial charge is 0.381 e. The van der Waals surface area contributed by atoms with Gasteiger partial charge in [0.1, 0.15) is 0 Å². The fraction of sp³-hybridized carbons (Fsp3) is 0.944. The molecule has 0 spiro atoms. The second-order valence-electron chi connectivity index (χ2n) is 7.92. The van der Waals surface area contributed by atoms with Crippen LogP contribution in [0.15, 0.2) is 0 Å². The van der Waals surface area contributed by atoms with Crippen molar-refractivity contribution in [1.29, 1.82) is 0 Å². The van der Waals surface area contributed by atoms with Gasteiger partial charge in [-0.1, -0.05) is 0 Å². The van der Waals surface area contributed by atoms with Gasteiger partial charge in [0.15, 0.2) is 0 Å². The number of rotatable bonds is 3. The molecule has 1 saturated carbocycles. The molecule has 23 heavy (non-hydrogen) atoms. The Bertz CT molecular complexity index is 424. The Morgan fingerprint density at radius 1 is 1.04 bits per heavy atom. The Morgan fingerprint density at radius 3 is 2.39 bits per heavy atom. The predicted molar refractivity (Wildman–Crippen MR) is 89.2 cm³/mol. The SMILES string of the molecule is COC1C2CCC1CN(C(=O)C1CCCN1C1CCNCC1)C2. The summed E-state index contributed by atoms with van der Waals surface area (Å²) in [5, 5.41) is 3.44. The average molecular weight is 321 g/mol. The van der Waals surface area contributed by atoms with E-state index >= 15 is 0 Å². The minimum Gasteiger partial charge on any atom is -0.381 e. The third kappa shape index (κ3) is 2.92. The molecule has 0 aromatic heterocycles. The number of ether oxygens (including phenoxy) is 1. The number of methoxy groups -OCH3 is 1. The monoisotopic (exact) mass is 321 g/mol. The van der Waals surface area contributed by atoms with Crippen molar-refractivity contribution < 1.29 is 9.53 Å². The van der Waals surface area contributed by atoms with Crippen molar-refractivity contribution >= 4 is 5.91 Å². The Hall–Kier alpha value is -0.650. The Morgan fingerprint density at radius 2 is 1.74 bits per heavy atom. The first-order chi connectivity index (χ1) is 11.3. The van der Waals surface area contributed by atoms with Gasteiger partial charge in [-0.05, 0) is 58.2 Å². The second-order valence-corrected chi connectivity index (χ2v) is 7.92. The molecule has 3 aliphatic heterocycles. The molecule has 130 valence electrons. The number of carbonyl (C=O) groups excluding carboxylic acids is 1. The van der Waals surface area contributed by atoms with Crippen LogP contribution in [-0.2, 0) is 9.53 Å². The summed E-state index contributed by atoms with van der Waals surface area (Å²) in [7, 11) is 1.84. The molecule has 2 bridgehead atoms. The van der Waals surface area contributed by atoms with E-state index in [1.807, 2.05) is 7.11 Å². The molecule has 0 aromatic carbocycles. The molecule has 3 heterocycles. The molecule has 4 aliphatic rings. The molecule has 0 radical (unpaired) electrons. The van der Waals surface area contributed by atoms with E-state index in [1.54, 1.807) is 0 Å². The average Bonchev–Trinajstić information content (AvgIpc) is 3.17. The quantitative estimate of drug-likeness (QED) is 0.845. The fourth-order valence-corrected chi connectivity index (χ4v) is 5.58. The number of piperidine rings is 2. The number of carbonyl (C=O) groups is 1. The lowest BCUT2D eigenvalue weighted by molar-refractivity contribution is -0.142. The number of amides is 1. The lowest BCUT2D eigenvalue weighted by Crippen LogP contribution is -2.55. The van der Waals surface area contributed by atoms with Crippen molar-refractivity contribution in [3.05, 3.63) is 0 Å². The molecule has 3 saturated heterocycles. The minimum atomic E-state index is 0.150. The molecule has 1 aliphatic carbocycles. The van der Waals surface area contributed by atoms with Gasteiger partial charge in [0.25, 0.3) is 0 Å². The van der Waals surface area contributed by atoms with Crippen molar-refractivity contribution in [2.24, 2.45) is 11.8 Å². The van der Waals surface area contributed by atoms with Crippen LogP contribution in [0.5, 0.6) is 0 Å². The van der Waals surface area contributed by atoms with Crippen LogP contribution < -0.4 is 5.32 Å². The van der Waals surface area contributed by atoms with Gasteiger partial charge in [-0.2, -0.15) is 0 Å². The van der Waals surface area contributed by atoms with Crippen LogP contribution in [0.25, 0.3) is 0 Å². The molecule has 4 rings (SSSR count). The molecule has 5 heteroatoms. The third-order valence-electron chi connectivity index (χ3n) is 6.69. The number of likely N-dealkylation sites (tertiary alicyclic amines) is 2. The zero-order chi connectivity index (χ0) is 15.8. The van der Waals surface area contributed by atoms with Crippen LogP contribution in [0.2, 0.25) is 0 Å². The molecule has 4 fully saturated rings. The summed E-state index contributed by atoms with van der Waals surface area (Å²) >= 11 is 0. The van der Waals surface area contributed by atoms with Crippen LogP contribution >= 0.6 is 0 Å². The maximum Gasteiger partial charge on any atom is 0.239 e. The van der Waals surface area contributed by atoms with E-state index in [4.69, 9.17) is 4.74 Å². The van der Waals surface area contributed by atoms with E-state index in [2.05, 4.69) is 15.1 Å². The summed E-state index contributed by atoms with van der Waals surface area (Å²) in [6.07, 6.45) is 7.49. The molecule has 0 aromatic rings. The van der Waals surface area contributed by atoms with Crippen LogP contribution in [-0.4, -0.2) is 73.7 Å². The maximum atomic E-state index is 13.2. The van der Waals surface area contributed by atoms with E-state index in [1.165, 1.54) is 32.1 Å². The smallest absolute Gasteiger partial charge is 0.239 e. The molecule has 5 nitrogen and oxygen atoms in total. The summed E-state index contributed by atoms with van der Waals surface area (Å²) in [6.45, 7) is 5.16. The van der Waals surface area contributed by atoms with Crippen molar-refractivity contribution in [2.75, 3.05) is 39.8 Å². The standard InChI is InChI=1S/C18H31N3O2/c1-23-17-13-4-5-14(17)12-20(11-13)18(22)16-3-2-10-21(16)15-6-8-19-9-7-15/h13-17,19H,2-12H2,1H3. The summed E-state index contributed by atoms with van der Waals surface area (Å²) in [5.74, 6) is 1.54. The first-order valence-corrected chi connectivity index (χ1v) is 9.56. The third-order valence-corrected chi connectivity index (χ3v) is 6.69. The highest BCUT2D eigenvalue weighted by molar-refractivity contribution is 5.82. The maximum absolute atomic E-state index is 13.2. The van der Waals surface area contributed by atoms with Crippen LogP contribution in [0, 0.1) is 11.8 Å². The van der Waals surface area contributed by atoms with Gasteiger partial charge in [-0.15, -0.1) is 0 Å². The van der Waals surface area contributed by atoms with Crippen LogP contribution in [0.3, 0.4) is 0 Å². The number of fused-ring (bicyclic) bond motifs is 2. The fourth-order valence-electron chi connectivity index (χ4n) is 5.58. The van der Waals surface area contributed by atoms with Crippen molar-refractivity contribution in [2.45, 2.75) is 56.7 Å². The summed E-state index contributed by atoms with van der Waals surface area (Å²) in [5.41, 5.74) is 0. The highest BCUT2D eigenvalue weighted by Gasteiger charge is 2.46. The first kappa shape index (κ1) is 15.9. The van der Waals surface area contributed by atoms with Crippen molar-refractivity contribution in [3.63, 3.8) is 0 Å². The van der Waals surface area contributed by atoms with E-state index in [0.717, 1.165) is 39.1 Å². The normalized spacial score (nSPS) is 39.1. The number of hydrogen-bond acceptors (Lipinski definition) is 4. The summed E-state index contributed by atoms with van der Waals surface area (Å²) < 4.78 is 5.69. The van der Waals surface area contributed by atoms with E-state index in [9.17, 15) is 4.79 Å². The Balaban J connectivity index is 1.42. The highest BCUT2D eigenvalue weighted by Crippen LogP contribution is 2.39. The van der Waals surface area contributed by atoms with E-state index in [-0.39, 0.29) is 6.04 Å². The lowest BCUT2D eigenvalue weighted by atomic mass is 9.94. The Labute approximate surface area is 139 Å². The highest BCUT2D eigenvalue weighted by atomic mass is 16.5. The molecular weight excluding hydrogens is 290 g/mol. The van der Waals surface area contributed by atoms with Gasteiger partial charge < -0.3 is 15.0 Å². The zero-order valence-electron chi connectivity index (χ0n) is 14.4. The van der Waals surface area contributed by atoms with Gasteiger partial charge in [0.05, 0.1) is 12.1 Å². The molecular formula is C18H31N3O2. The number of nitrogens with zero attached hydrogens (tertiary/aromatic N) is 2. The van der Waals surface area contributed by atoms with Gasteiger partial charge in [-0.3, -0.25) is 9.69 Å². The van der Waals surface area contributed by atoms with Crippen LogP contribution in [0.1, 0.15) is 38.5 Å². The number of nitrogens with one attached hydrogen (secondary N) is 1. The molecule has 1 amide bonds.